The summed E-state index contributed by atoms with van der Waals surface area (Å²) in [5, 5.41) is 8.86. The van der Waals surface area contributed by atoms with Crippen LogP contribution < -0.4 is 10.6 Å². The summed E-state index contributed by atoms with van der Waals surface area (Å²) < 4.78 is 0. The summed E-state index contributed by atoms with van der Waals surface area (Å²) >= 11 is 1.75. The van der Waals surface area contributed by atoms with E-state index in [1.54, 1.807) is 11.3 Å². The average molecular weight is 306 g/mol. The van der Waals surface area contributed by atoms with Gasteiger partial charge in [-0.3, -0.25) is 4.79 Å². The second kappa shape index (κ2) is 6.93. The highest BCUT2D eigenvalue weighted by molar-refractivity contribution is 7.10. The number of fused-ring (bicyclic) bond motifs is 1. The molecule has 0 aromatic carbocycles. The van der Waals surface area contributed by atoms with Crippen molar-refractivity contribution in [2.75, 3.05) is 0 Å². The second-order valence-electron chi connectivity index (χ2n) is 6.39. The molecule has 4 heteroatoms. The third-order valence-corrected chi connectivity index (χ3v) is 6.07. The highest BCUT2D eigenvalue weighted by Gasteiger charge is 2.34. The van der Waals surface area contributed by atoms with Crippen LogP contribution in [0, 0.1) is 5.92 Å². The predicted octanol–water partition coefficient (Wildman–Crippen LogP) is 3.24. The number of amides is 1. The van der Waals surface area contributed by atoms with Gasteiger partial charge >= 0.3 is 0 Å². The highest BCUT2D eigenvalue weighted by atomic mass is 32.1. The van der Waals surface area contributed by atoms with Gasteiger partial charge in [0.15, 0.2) is 0 Å². The van der Waals surface area contributed by atoms with Gasteiger partial charge in [0.25, 0.3) is 0 Å². The van der Waals surface area contributed by atoms with Crippen molar-refractivity contribution in [3.63, 3.8) is 0 Å². The quantitative estimate of drug-likeness (QED) is 0.896. The summed E-state index contributed by atoms with van der Waals surface area (Å²) in [4.78, 5) is 13.7. The number of hydrogen-bond donors (Lipinski definition) is 2. The first-order valence-corrected chi connectivity index (χ1v) is 9.25. The molecule has 1 aliphatic heterocycles. The van der Waals surface area contributed by atoms with E-state index in [2.05, 4.69) is 29.0 Å². The molecule has 2 aliphatic rings. The summed E-state index contributed by atoms with van der Waals surface area (Å²) in [5.41, 5.74) is 1.37. The van der Waals surface area contributed by atoms with Gasteiger partial charge in [0.1, 0.15) is 0 Å². The van der Waals surface area contributed by atoms with E-state index in [4.69, 9.17) is 0 Å². The molecule has 21 heavy (non-hydrogen) atoms. The lowest BCUT2D eigenvalue weighted by atomic mass is 9.77. The SMILES string of the molecule is CCc1ccsc1CNC(=O)C1CCC2CCCCC2N1. The Kier molecular flexibility index (Phi) is 4.96. The number of hydrogen-bond acceptors (Lipinski definition) is 3. The van der Waals surface area contributed by atoms with E-state index in [-0.39, 0.29) is 11.9 Å². The van der Waals surface area contributed by atoms with Crippen LogP contribution in [0.15, 0.2) is 11.4 Å². The van der Waals surface area contributed by atoms with Crippen molar-refractivity contribution in [3.8, 4) is 0 Å². The van der Waals surface area contributed by atoms with Crippen molar-refractivity contribution in [2.24, 2.45) is 5.92 Å². The first-order valence-electron chi connectivity index (χ1n) is 8.37. The molecule has 2 heterocycles. The van der Waals surface area contributed by atoms with E-state index >= 15 is 0 Å². The van der Waals surface area contributed by atoms with E-state index in [9.17, 15) is 4.79 Å². The molecule has 3 rings (SSSR count). The van der Waals surface area contributed by atoms with Gasteiger partial charge in [-0.25, -0.2) is 0 Å². The van der Waals surface area contributed by atoms with Crippen LogP contribution in [-0.4, -0.2) is 18.0 Å². The fourth-order valence-corrected chi connectivity index (χ4v) is 4.75. The summed E-state index contributed by atoms with van der Waals surface area (Å²) in [7, 11) is 0. The van der Waals surface area contributed by atoms with E-state index in [1.165, 1.54) is 42.5 Å². The largest absolute Gasteiger partial charge is 0.350 e. The molecule has 1 saturated carbocycles. The van der Waals surface area contributed by atoms with Gasteiger partial charge in [0, 0.05) is 10.9 Å². The van der Waals surface area contributed by atoms with E-state index < -0.39 is 0 Å². The molecule has 1 amide bonds. The molecule has 3 unspecified atom stereocenters. The van der Waals surface area contributed by atoms with Crippen molar-refractivity contribution in [1.29, 1.82) is 0 Å². The number of rotatable bonds is 4. The normalized spacial score (nSPS) is 28.9. The van der Waals surface area contributed by atoms with Crippen LogP contribution in [0.5, 0.6) is 0 Å². The molecule has 1 aromatic heterocycles. The third kappa shape index (κ3) is 3.49. The van der Waals surface area contributed by atoms with Gasteiger partial charge in [-0.15, -0.1) is 11.3 Å². The number of piperidine rings is 1. The molecule has 0 spiro atoms. The first kappa shape index (κ1) is 15.0. The summed E-state index contributed by atoms with van der Waals surface area (Å²) in [6.07, 6.45) is 8.54. The van der Waals surface area contributed by atoms with Crippen LogP contribution in [-0.2, 0) is 17.8 Å². The molecule has 1 aromatic rings. The number of carbonyl (C=O) groups is 1. The number of thiophene rings is 1. The first-order chi connectivity index (χ1) is 10.3. The molecule has 0 bridgehead atoms. The Labute approximate surface area is 131 Å². The second-order valence-corrected chi connectivity index (χ2v) is 7.39. The topological polar surface area (TPSA) is 41.1 Å². The van der Waals surface area contributed by atoms with Crippen molar-refractivity contribution in [2.45, 2.75) is 70.5 Å². The van der Waals surface area contributed by atoms with E-state index in [0.29, 0.717) is 12.6 Å². The molecule has 0 radical (unpaired) electrons. The molecule has 2 N–H and O–H groups in total. The fourth-order valence-electron chi connectivity index (χ4n) is 3.83. The summed E-state index contributed by atoms with van der Waals surface area (Å²) in [5.74, 6) is 1.00. The number of nitrogens with one attached hydrogen (secondary N) is 2. The van der Waals surface area contributed by atoms with Crippen molar-refractivity contribution in [1.82, 2.24) is 10.6 Å². The molecule has 3 nitrogen and oxygen atoms in total. The van der Waals surface area contributed by atoms with E-state index in [0.717, 1.165) is 18.8 Å². The Morgan fingerprint density at radius 2 is 2.19 bits per heavy atom. The average Bonchev–Trinajstić information content (AvgIpc) is 2.99. The molecular weight excluding hydrogens is 280 g/mol. The van der Waals surface area contributed by atoms with Crippen LogP contribution in [0.4, 0.5) is 0 Å². The number of aryl methyl sites for hydroxylation is 1. The van der Waals surface area contributed by atoms with Crippen molar-refractivity contribution in [3.05, 3.63) is 21.9 Å². The Morgan fingerprint density at radius 3 is 3.05 bits per heavy atom. The lowest BCUT2D eigenvalue weighted by Gasteiger charge is -2.39. The van der Waals surface area contributed by atoms with Crippen molar-refractivity contribution >= 4 is 17.2 Å². The maximum atomic E-state index is 12.4. The standard InChI is InChI=1S/C17H26N2OS/c1-2-12-9-10-21-16(12)11-18-17(20)15-8-7-13-5-3-4-6-14(13)19-15/h9-10,13-15,19H,2-8,11H2,1H3,(H,18,20). The maximum Gasteiger partial charge on any atom is 0.237 e. The smallest absolute Gasteiger partial charge is 0.237 e. The van der Waals surface area contributed by atoms with Crippen LogP contribution in [0.1, 0.15) is 55.9 Å². The Hall–Kier alpha value is -0.870. The van der Waals surface area contributed by atoms with Gasteiger partial charge < -0.3 is 10.6 Å². The third-order valence-electron chi connectivity index (χ3n) is 5.11. The zero-order chi connectivity index (χ0) is 14.7. The van der Waals surface area contributed by atoms with Crippen molar-refractivity contribution < 1.29 is 4.79 Å². The van der Waals surface area contributed by atoms with E-state index in [1.807, 2.05) is 0 Å². The van der Waals surface area contributed by atoms with Gasteiger partial charge in [-0.1, -0.05) is 19.8 Å². The van der Waals surface area contributed by atoms with Gasteiger partial charge in [0.05, 0.1) is 12.6 Å². The molecule has 116 valence electrons. The van der Waals surface area contributed by atoms with Gasteiger partial charge in [-0.2, -0.15) is 0 Å². The monoisotopic (exact) mass is 306 g/mol. The van der Waals surface area contributed by atoms with Crippen LogP contribution in [0.3, 0.4) is 0 Å². The Balaban J connectivity index is 1.51. The highest BCUT2D eigenvalue weighted by Crippen LogP contribution is 2.32. The lowest BCUT2D eigenvalue weighted by molar-refractivity contribution is -0.124. The van der Waals surface area contributed by atoms with Gasteiger partial charge in [0.2, 0.25) is 5.91 Å². The predicted molar refractivity (Wildman–Crippen MR) is 87.4 cm³/mol. The minimum atomic E-state index is 0.0226. The van der Waals surface area contributed by atoms with Gasteiger partial charge in [-0.05, 0) is 55.0 Å². The molecule has 2 fully saturated rings. The fraction of sp³-hybridized carbons (Fsp3) is 0.706. The molecular formula is C17H26N2OS. The summed E-state index contributed by atoms with van der Waals surface area (Å²) in [6, 6.07) is 2.77. The summed E-state index contributed by atoms with van der Waals surface area (Å²) in [6.45, 7) is 2.85. The minimum absolute atomic E-state index is 0.0226. The Morgan fingerprint density at radius 1 is 1.33 bits per heavy atom. The maximum absolute atomic E-state index is 12.4. The zero-order valence-electron chi connectivity index (χ0n) is 12.9. The lowest BCUT2D eigenvalue weighted by Crippen LogP contribution is -2.54. The van der Waals surface area contributed by atoms with Crippen LogP contribution >= 0.6 is 11.3 Å². The zero-order valence-corrected chi connectivity index (χ0v) is 13.7. The molecule has 1 aliphatic carbocycles. The number of carbonyl (C=O) groups excluding carboxylic acids is 1. The van der Waals surface area contributed by atoms with Crippen LogP contribution in [0.25, 0.3) is 0 Å². The minimum Gasteiger partial charge on any atom is -0.350 e. The molecule has 1 saturated heterocycles. The van der Waals surface area contributed by atoms with Crippen LogP contribution in [0.2, 0.25) is 0 Å². The molecule has 3 atom stereocenters. The Bertz CT molecular complexity index is 485.